The van der Waals surface area contributed by atoms with Crippen LogP contribution in [0.2, 0.25) is 0 Å². The van der Waals surface area contributed by atoms with E-state index in [9.17, 15) is 18.4 Å². The Kier molecular flexibility index (Phi) is 8.53. The normalized spacial score (nSPS) is 19.8. The van der Waals surface area contributed by atoms with Crippen LogP contribution in [0.1, 0.15) is 37.7 Å². The van der Waals surface area contributed by atoms with Gasteiger partial charge in [0.25, 0.3) is 0 Å². The van der Waals surface area contributed by atoms with Gasteiger partial charge >= 0.3 is 11.9 Å². The first-order chi connectivity index (χ1) is 13.4. The molecule has 0 unspecified atom stereocenters. The third kappa shape index (κ3) is 7.01. The fourth-order valence-electron chi connectivity index (χ4n) is 3.70. The highest BCUT2D eigenvalue weighted by molar-refractivity contribution is 5.89. The Morgan fingerprint density at radius 1 is 1.07 bits per heavy atom. The molecule has 8 heteroatoms. The Labute approximate surface area is 162 Å². The molecule has 0 aromatic heterocycles. The molecule has 3 N–H and O–H groups in total. The Morgan fingerprint density at radius 2 is 1.71 bits per heavy atom. The van der Waals surface area contributed by atoms with Crippen LogP contribution in [-0.4, -0.2) is 52.2 Å². The number of hydrogen-bond acceptors (Lipinski definition) is 4. The number of nitrogens with zero attached hydrogens (tertiary/aromatic N) is 1. The van der Waals surface area contributed by atoms with E-state index in [0.717, 1.165) is 25.6 Å². The molecule has 1 saturated heterocycles. The summed E-state index contributed by atoms with van der Waals surface area (Å²) in [7, 11) is 0. The summed E-state index contributed by atoms with van der Waals surface area (Å²) in [5.41, 5.74) is 0.616. The van der Waals surface area contributed by atoms with Crippen LogP contribution in [0.25, 0.3) is 0 Å². The van der Waals surface area contributed by atoms with Crippen LogP contribution in [0, 0.1) is 11.6 Å². The molecule has 1 atom stereocenters. The molecule has 2 aliphatic rings. The zero-order chi connectivity index (χ0) is 20.5. The smallest absolute Gasteiger partial charge is 0.328 e. The number of carboxylic acids is 2. The van der Waals surface area contributed by atoms with Crippen molar-refractivity contribution in [2.75, 3.05) is 13.1 Å². The Bertz CT molecular complexity index is 667. The van der Waals surface area contributed by atoms with Gasteiger partial charge in [-0.1, -0.05) is 18.9 Å². The topological polar surface area (TPSA) is 89.9 Å². The number of nitrogens with one attached hydrogen (secondary N) is 1. The van der Waals surface area contributed by atoms with Crippen LogP contribution < -0.4 is 5.32 Å². The zero-order valence-corrected chi connectivity index (χ0v) is 15.6. The van der Waals surface area contributed by atoms with Crippen molar-refractivity contribution >= 4 is 11.9 Å². The van der Waals surface area contributed by atoms with Crippen molar-refractivity contribution in [1.29, 1.82) is 0 Å². The average Bonchev–Trinajstić information content (AvgIpc) is 3.34. The van der Waals surface area contributed by atoms with Gasteiger partial charge in [-0.15, -0.1) is 0 Å². The van der Waals surface area contributed by atoms with Gasteiger partial charge in [-0.05, 0) is 31.9 Å². The predicted octanol–water partition coefficient (Wildman–Crippen LogP) is 2.78. The lowest BCUT2D eigenvalue weighted by molar-refractivity contribution is -0.134. The number of carboxylic acid groups (broad SMARTS) is 2. The molecule has 1 aromatic rings. The first-order valence-corrected chi connectivity index (χ1v) is 9.41. The van der Waals surface area contributed by atoms with Gasteiger partial charge in [0.05, 0.1) is 0 Å². The van der Waals surface area contributed by atoms with Crippen LogP contribution in [0.4, 0.5) is 8.78 Å². The van der Waals surface area contributed by atoms with E-state index in [1.807, 2.05) is 0 Å². The van der Waals surface area contributed by atoms with E-state index < -0.39 is 23.6 Å². The standard InChI is InChI=1S/C16H22F2N2.C4H4O4/c17-13-6-5-12(16(18)9-13)11-20(14-3-1-2-4-14)15-7-8-19-10-15;5-3(6)1-2-4(7)8/h5-6,9,14-15,19H,1-4,7-8,10-11H2;1-2H,(H,5,6)(H,7,8)/b;2-1+/t15-;/m0./s1. The Hall–Kier alpha value is -2.32. The lowest BCUT2D eigenvalue weighted by Crippen LogP contribution is -2.42. The van der Waals surface area contributed by atoms with E-state index in [4.69, 9.17) is 10.2 Å². The van der Waals surface area contributed by atoms with Crippen molar-refractivity contribution in [3.05, 3.63) is 47.5 Å². The molecule has 1 saturated carbocycles. The lowest BCUT2D eigenvalue weighted by Gasteiger charge is -2.34. The third-order valence-electron chi connectivity index (χ3n) is 5.03. The highest BCUT2D eigenvalue weighted by Crippen LogP contribution is 2.29. The van der Waals surface area contributed by atoms with E-state index >= 15 is 0 Å². The number of carbonyl (C=O) groups is 2. The summed E-state index contributed by atoms with van der Waals surface area (Å²) in [4.78, 5) is 21.6. The van der Waals surface area contributed by atoms with Crippen molar-refractivity contribution < 1.29 is 28.6 Å². The van der Waals surface area contributed by atoms with E-state index in [1.54, 1.807) is 6.07 Å². The first kappa shape index (κ1) is 22.0. The highest BCUT2D eigenvalue weighted by atomic mass is 19.1. The van der Waals surface area contributed by atoms with Crippen LogP contribution in [-0.2, 0) is 16.1 Å². The summed E-state index contributed by atoms with van der Waals surface area (Å²) in [6.45, 7) is 2.63. The van der Waals surface area contributed by atoms with Crippen molar-refractivity contribution in [3.63, 3.8) is 0 Å². The van der Waals surface area contributed by atoms with Crippen molar-refractivity contribution in [1.82, 2.24) is 10.2 Å². The summed E-state index contributed by atoms with van der Waals surface area (Å²) >= 11 is 0. The maximum Gasteiger partial charge on any atom is 0.328 e. The minimum Gasteiger partial charge on any atom is -0.478 e. The molecule has 1 heterocycles. The number of benzene rings is 1. The third-order valence-corrected chi connectivity index (χ3v) is 5.03. The minimum atomic E-state index is -1.26. The molecular formula is C20H26F2N2O4. The average molecular weight is 396 g/mol. The summed E-state index contributed by atoms with van der Waals surface area (Å²) in [5.74, 6) is -3.43. The van der Waals surface area contributed by atoms with Gasteiger partial charge in [-0.3, -0.25) is 4.90 Å². The summed E-state index contributed by atoms with van der Waals surface area (Å²) in [6.07, 6.45) is 7.20. The molecule has 154 valence electrons. The molecule has 1 aliphatic heterocycles. The predicted molar refractivity (Wildman–Crippen MR) is 99.8 cm³/mol. The summed E-state index contributed by atoms with van der Waals surface area (Å²) in [6, 6.07) is 4.99. The van der Waals surface area contributed by atoms with Crippen LogP contribution in [0.3, 0.4) is 0 Å². The van der Waals surface area contributed by atoms with Crippen molar-refractivity contribution in [3.8, 4) is 0 Å². The molecule has 28 heavy (non-hydrogen) atoms. The molecule has 0 bridgehead atoms. The molecule has 6 nitrogen and oxygen atoms in total. The van der Waals surface area contributed by atoms with Gasteiger partial charge in [0.1, 0.15) is 11.6 Å². The summed E-state index contributed by atoms with van der Waals surface area (Å²) < 4.78 is 26.9. The molecular weight excluding hydrogens is 370 g/mol. The molecule has 3 rings (SSSR count). The molecule has 0 amide bonds. The molecule has 0 radical (unpaired) electrons. The van der Waals surface area contributed by atoms with Gasteiger partial charge in [0.15, 0.2) is 0 Å². The number of rotatable bonds is 6. The van der Waals surface area contributed by atoms with Gasteiger partial charge in [0, 0.05) is 49.0 Å². The molecule has 1 aliphatic carbocycles. The minimum absolute atomic E-state index is 0.418. The summed E-state index contributed by atoms with van der Waals surface area (Å²) in [5, 5.41) is 19.0. The van der Waals surface area contributed by atoms with E-state index in [0.29, 0.717) is 36.3 Å². The highest BCUT2D eigenvalue weighted by Gasteiger charge is 2.31. The van der Waals surface area contributed by atoms with Crippen LogP contribution >= 0.6 is 0 Å². The van der Waals surface area contributed by atoms with Gasteiger partial charge < -0.3 is 15.5 Å². The quantitative estimate of drug-likeness (QED) is 0.641. The lowest BCUT2D eigenvalue weighted by atomic mass is 10.1. The number of hydrogen-bond donors (Lipinski definition) is 3. The second-order valence-corrected chi connectivity index (χ2v) is 7.00. The Morgan fingerprint density at radius 3 is 2.21 bits per heavy atom. The van der Waals surface area contributed by atoms with Gasteiger partial charge in [-0.25, -0.2) is 18.4 Å². The second-order valence-electron chi connectivity index (χ2n) is 7.00. The second kappa shape index (κ2) is 10.9. The number of aliphatic carboxylic acids is 2. The maximum absolute atomic E-state index is 13.9. The largest absolute Gasteiger partial charge is 0.478 e. The van der Waals surface area contributed by atoms with E-state index in [2.05, 4.69) is 10.2 Å². The Balaban J connectivity index is 0.000000300. The fraction of sp³-hybridized carbons (Fsp3) is 0.500. The van der Waals surface area contributed by atoms with Crippen molar-refractivity contribution in [2.24, 2.45) is 0 Å². The van der Waals surface area contributed by atoms with Crippen molar-refractivity contribution in [2.45, 2.75) is 50.7 Å². The van der Waals surface area contributed by atoms with E-state index in [1.165, 1.54) is 31.7 Å². The molecule has 1 aromatic carbocycles. The van der Waals surface area contributed by atoms with E-state index in [-0.39, 0.29) is 0 Å². The number of halogens is 2. The fourth-order valence-corrected chi connectivity index (χ4v) is 3.70. The van der Waals surface area contributed by atoms with Crippen LogP contribution in [0.5, 0.6) is 0 Å². The molecule has 2 fully saturated rings. The zero-order valence-electron chi connectivity index (χ0n) is 15.6. The first-order valence-electron chi connectivity index (χ1n) is 9.41. The van der Waals surface area contributed by atoms with Crippen LogP contribution in [0.15, 0.2) is 30.4 Å². The monoisotopic (exact) mass is 396 g/mol. The van der Waals surface area contributed by atoms with Gasteiger partial charge in [-0.2, -0.15) is 0 Å². The molecule has 0 spiro atoms. The maximum atomic E-state index is 13.9. The SMILES string of the molecule is Fc1ccc(CN(C2CCCC2)[C@H]2CCNC2)c(F)c1.O=C(O)/C=C/C(=O)O. The van der Waals surface area contributed by atoms with Gasteiger partial charge in [0.2, 0.25) is 0 Å².